The van der Waals surface area contributed by atoms with Crippen molar-refractivity contribution in [3.05, 3.63) is 0 Å². The van der Waals surface area contributed by atoms with Gasteiger partial charge >= 0.3 is 0 Å². The minimum Gasteiger partial charge on any atom is -0.365 e. The van der Waals surface area contributed by atoms with Gasteiger partial charge in [0.1, 0.15) is 6.61 Å². The largest absolute Gasteiger partial charge is 0.365 e. The van der Waals surface area contributed by atoms with E-state index in [1.54, 1.807) is 0 Å². The highest BCUT2D eigenvalue weighted by atomic mass is 16.5. The molecule has 5 heteroatoms. The van der Waals surface area contributed by atoms with E-state index < -0.39 is 0 Å². The molecule has 0 radical (unpaired) electrons. The molecule has 2 aliphatic rings. The third-order valence-corrected chi connectivity index (χ3v) is 3.09. The van der Waals surface area contributed by atoms with Crippen LogP contribution in [-0.2, 0) is 9.53 Å². The van der Waals surface area contributed by atoms with E-state index in [2.05, 4.69) is 5.32 Å². The molecule has 5 nitrogen and oxygen atoms in total. The maximum Gasteiger partial charge on any atom is 0.248 e. The summed E-state index contributed by atoms with van der Waals surface area (Å²) in [6.45, 7) is 3.20. The molecule has 86 valence electrons. The molecule has 2 fully saturated rings. The summed E-state index contributed by atoms with van der Waals surface area (Å²) in [5.41, 5.74) is 5.54. The van der Waals surface area contributed by atoms with Crippen LogP contribution in [0.25, 0.3) is 0 Å². The SMILES string of the molecule is NCC1CN(CC2CCCN2)C(=O)CO1. The van der Waals surface area contributed by atoms with Crippen LogP contribution >= 0.6 is 0 Å². The van der Waals surface area contributed by atoms with E-state index in [0.29, 0.717) is 19.1 Å². The molecule has 0 spiro atoms. The minimum absolute atomic E-state index is 0.0177. The fourth-order valence-electron chi connectivity index (χ4n) is 2.18. The highest BCUT2D eigenvalue weighted by molar-refractivity contribution is 5.78. The number of hydrogen-bond acceptors (Lipinski definition) is 4. The summed E-state index contributed by atoms with van der Waals surface area (Å²) in [6.07, 6.45) is 2.39. The van der Waals surface area contributed by atoms with Crippen LogP contribution < -0.4 is 11.1 Å². The lowest BCUT2D eigenvalue weighted by atomic mass is 10.2. The van der Waals surface area contributed by atoms with Crippen LogP contribution in [0.15, 0.2) is 0 Å². The molecule has 2 unspecified atom stereocenters. The van der Waals surface area contributed by atoms with E-state index in [9.17, 15) is 4.79 Å². The van der Waals surface area contributed by atoms with Crippen LogP contribution in [0.5, 0.6) is 0 Å². The van der Waals surface area contributed by atoms with Gasteiger partial charge in [0.25, 0.3) is 0 Å². The molecule has 2 atom stereocenters. The molecule has 2 saturated heterocycles. The van der Waals surface area contributed by atoms with Crippen molar-refractivity contribution in [2.45, 2.75) is 25.0 Å². The molecule has 0 saturated carbocycles. The Hall–Kier alpha value is -0.650. The van der Waals surface area contributed by atoms with Gasteiger partial charge in [0, 0.05) is 25.7 Å². The number of carbonyl (C=O) groups is 1. The van der Waals surface area contributed by atoms with Gasteiger partial charge in [-0.1, -0.05) is 0 Å². The summed E-state index contributed by atoms with van der Waals surface area (Å²) in [7, 11) is 0. The van der Waals surface area contributed by atoms with Gasteiger partial charge in [-0.3, -0.25) is 4.79 Å². The van der Waals surface area contributed by atoms with Gasteiger partial charge in [0.15, 0.2) is 0 Å². The molecular weight excluding hydrogens is 194 g/mol. The molecule has 0 aromatic carbocycles. The molecule has 2 rings (SSSR count). The van der Waals surface area contributed by atoms with Crippen molar-refractivity contribution in [3.8, 4) is 0 Å². The van der Waals surface area contributed by atoms with Gasteiger partial charge in [0.2, 0.25) is 5.91 Å². The average Bonchev–Trinajstić information content (AvgIpc) is 2.74. The Labute approximate surface area is 89.9 Å². The number of nitrogens with one attached hydrogen (secondary N) is 1. The summed E-state index contributed by atoms with van der Waals surface area (Å²) in [5.74, 6) is 0.0911. The van der Waals surface area contributed by atoms with Crippen molar-refractivity contribution in [2.75, 3.05) is 32.8 Å². The first-order chi connectivity index (χ1) is 7.29. The molecule has 0 bridgehead atoms. The molecule has 1 amide bonds. The third kappa shape index (κ3) is 2.68. The van der Waals surface area contributed by atoms with Crippen molar-refractivity contribution >= 4 is 5.91 Å². The predicted molar refractivity (Wildman–Crippen MR) is 56.4 cm³/mol. The Morgan fingerprint density at radius 1 is 1.60 bits per heavy atom. The highest BCUT2D eigenvalue weighted by Crippen LogP contribution is 2.11. The first-order valence-corrected chi connectivity index (χ1v) is 5.62. The van der Waals surface area contributed by atoms with Crippen LogP contribution in [-0.4, -0.2) is 55.7 Å². The second-order valence-corrected chi connectivity index (χ2v) is 4.26. The van der Waals surface area contributed by atoms with Gasteiger partial charge in [-0.05, 0) is 19.4 Å². The monoisotopic (exact) mass is 213 g/mol. The number of rotatable bonds is 3. The van der Waals surface area contributed by atoms with Gasteiger partial charge in [0.05, 0.1) is 6.10 Å². The number of morpholine rings is 1. The lowest BCUT2D eigenvalue weighted by Crippen LogP contribution is -2.52. The summed E-state index contributed by atoms with van der Waals surface area (Å²) in [5, 5.41) is 3.39. The van der Waals surface area contributed by atoms with Gasteiger partial charge in [-0.25, -0.2) is 0 Å². The van der Waals surface area contributed by atoms with Crippen LogP contribution in [0.3, 0.4) is 0 Å². The summed E-state index contributed by atoms with van der Waals surface area (Å²) >= 11 is 0. The van der Waals surface area contributed by atoms with Crippen molar-refractivity contribution in [1.82, 2.24) is 10.2 Å². The zero-order valence-electron chi connectivity index (χ0n) is 8.95. The highest BCUT2D eigenvalue weighted by Gasteiger charge is 2.28. The standard InChI is InChI=1S/C10H19N3O2/c11-4-9-6-13(10(14)7-15-9)5-8-2-1-3-12-8/h8-9,12H,1-7,11H2. The lowest BCUT2D eigenvalue weighted by molar-refractivity contribution is -0.148. The maximum absolute atomic E-state index is 11.6. The van der Waals surface area contributed by atoms with E-state index in [1.165, 1.54) is 6.42 Å². The fraction of sp³-hybridized carbons (Fsp3) is 0.900. The quantitative estimate of drug-likeness (QED) is 0.626. The first kappa shape index (κ1) is 10.9. The molecule has 15 heavy (non-hydrogen) atoms. The second kappa shape index (κ2) is 4.92. The van der Waals surface area contributed by atoms with Gasteiger partial charge in [-0.2, -0.15) is 0 Å². The molecular formula is C10H19N3O2. The first-order valence-electron chi connectivity index (χ1n) is 5.62. The Balaban J connectivity index is 1.85. The predicted octanol–water partition coefficient (Wildman–Crippen LogP) is -1.08. The van der Waals surface area contributed by atoms with Gasteiger partial charge in [-0.15, -0.1) is 0 Å². The Bertz CT molecular complexity index is 229. The van der Waals surface area contributed by atoms with E-state index in [1.807, 2.05) is 4.90 Å². The number of hydrogen-bond donors (Lipinski definition) is 2. The van der Waals surface area contributed by atoms with E-state index in [-0.39, 0.29) is 18.6 Å². The number of nitrogens with two attached hydrogens (primary N) is 1. The summed E-state index contributed by atoms with van der Waals surface area (Å²) in [6, 6.07) is 0.463. The summed E-state index contributed by atoms with van der Waals surface area (Å²) in [4.78, 5) is 13.5. The van der Waals surface area contributed by atoms with Gasteiger partial charge < -0.3 is 20.7 Å². The number of carbonyl (C=O) groups excluding carboxylic acids is 1. The van der Waals surface area contributed by atoms with Crippen molar-refractivity contribution in [3.63, 3.8) is 0 Å². The van der Waals surface area contributed by atoms with Crippen molar-refractivity contribution in [2.24, 2.45) is 5.73 Å². The van der Waals surface area contributed by atoms with E-state index in [0.717, 1.165) is 19.5 Å². The molecule has 2 heterocycles. The number of amides is 1. The van der Waals surface area contributed by atoms with Crippen LogP contribution in [0.1, 0.15) is 12.8 Å². The van der Waals surface area contributed by atoms with Crippen LogP contribution in [0.4, 0.5) is 0 Å². The smallest absolute Gasteiger partial charge is 0.248 e. The van der Waals surface area contributed by atoms with Crippen molar-refractivity contribution < 1.29 is 9.53 Å². The number of ether oxygens (including phenoxy) is 1. The molecule has 2 aliphatic heterocycles. The average molecular weight is 213 g/mol. The maximum atomic E-state index is 11.6. The topological polar surface area (TPSA) is 67.6 Å². The lowest BCUT2D eigenvalue weighted by Gasteiger charge is -2.33. The molecule has 0 aromatic rings. The molecule has 0 aromatic heterocycles. The minimum atomic E-state index is 0.0177. The zero-order valence-corrected chi connectivity index (χ0v) is 8.95. The van der Waals surface area contributed by atoms with E-state index >= 15 is 0 Å². The van der Waals surface area contributed by atoms with Crippen LogP contribution in [0, 0.1) is 0 Å². The molecule has 0 aliphatic carbocycles. The van der Waals surface area contributed by atoms with Crippen LogP contribution in [0.2, 0.25) is 0 Å². The Morgan fingerprint density at radius 2 is 2.47 bits per heavy atom. The summed E-state index contributed by atoms with van der Waals surface area (Å²) < 4.78 is 5.30. The Kier molecular flexibility index (Phi) is 3.56. The third-order valence-electron chi connectivity index (χ3n) is 3.09. The molecule has 3 N–H and O–H groups in total. The van der Waals surface area contributed by atoms with Crippen molar-refractivity contribution in [1.29, 1.82) is 0 Å². The normalized spacial score (nSPS) is 32.3. The second-order valence-electron chi connectivity index (χ2n) is 4.26. The van der Waals surface area contributed by atoms with E-state index in [4.69, 9.17) is 10.5 Å². The zero-order chi connectivity index (χ0) is 10.7. The Morgan fingerprint density at radius 3 is 3.13 bits per heavy atom. The number of nitrogens with zero attached hydrogens (tertiary/aromatic N) is 1. The fourth-order valence-corrected chi connectivity index (χ4v) is 2.18.